The molecule has 0 aromatic rings. The molecule has 2 atom stereocenters. The Morgan fingerprint density at radius 2 is 1.84 bits per heavy atom. The summed E-state index contributed by atoms with van der Waals surface area (Å²) in [7, 11) is -3.38. The topological polar surface area (TPSA) is 66.5 Å². The minimum atomic E-state index is -3.38. The number of carbonyl (C=O) groups excluding carboxylic acids is 1. The van der Waals surface area contributed by atoms with Gasteiger partial charge in [-0.1, -0.05) is 0 Å². The minimum Gasteiger partial charge on any atom is -0.341 e. The SMILES string of the molecule is CC(C)(C(=O)N1CCC2CNCC2C1)S(C)(=O)=O.Cl. The maximum Gasteiger partial charge on any atom is 0.243 e. The number of carbonyl (C=O) groups is 1. The first kappa shape index (κ1) is 16.7. The number of fused-ring (bicyclic) bond motifs is 1. The maximum atomic E-state index is 12.4. The van der Waals surface area contributed by atoms with Crippen molar-refractivity contribution in [3.05, 3.63) is 0 Å². The molecule has 19 heavy (non-hydrogen) atoms. The number of likely N-dealkylation sites (tertiary alicyclic amines) is 1. The van der Waals surface area contributed by atoms with Crippen LogP contribution < -0.4 is 5.32 Å². The van der Waals surface area contributed by atoms with Gasteiger partial charge in [0.25, 0.3) is 0 Å². The van der Waals surface area contributed by atoms with Gasteiger partial charge in [0.05, 0.1) is 0 Å². The average molecular weight is 311 g/mol. The van der Waals surface area contributed by atoms with E-state index in [4.69, 9.17) is 0 Å². The number of piperidine rings is 1. The van der Waals surface area contributed by atoms with Crippen LogP contribution in [0.25, 0.3) is 0 Å². The monoisotopic (exact) mass is 310 g/mol. The van der Waals surface area contributed by atoms with Gasteiger partial charge in [-0.25, -0.2) is 8.42 Å². The van der Waals surface area contributed by atoms with Crippen molar-refractivity contribution in [2.75, 3.05) is 32.4 Å². The van der Waals surface area contributed by atoms with Gasteiger partial charge < -0.3 is 10.2 Å². The van der Waals surface area contributed by atoms with Crippen molar-refractivity contribution in [1.82, 2.24) is 10.2 Å². The third kappa shape index (κ3) is 3.06. The van der Waals surface area contributed by atoms with Gasteiger partial charge in [0, 0.05) is 19.3 Å². The molecule has 0 bridgehead atoms. The predicted octanol–water partition coefficient (Wildman–Crippen LogP) is 0.299. The Morgan fingerprint density at radius 1 is 1.26 bits per heavy atom. The van der Waals surface area contributed by atoms with Crippen molar-refractivity contribution in [2.24, 2.45) is 11.8 Å². The van der Waals surface area contributed by atoms with Crippen molar-refractivity contribution in [2.45, 2.75) is 25.0 Å². The summed E-state index contributed by atoms with van der Waals surface area (Å²) in [5.41, 5.74) is 0. The van der Waals surface area contributed by atoms with Crippen molar-refractivity contribution in [1.29, 1.82) is 0 Å². The molecule has 112 valence electrons. The zero-order chi connectivity index (χ0) is 13.6. The van der Waals surface area contributed by atoms with E-state index < -0.39 is 14.6 Å². The smallest absolute Gasteiger partial charge is 0.243 e. The standard InChI is InChI=1S/C12H22N2O3S.ClH/c1-12(2,18(3,16)17)11(15)14-5-4-9-6-13-7-10(9)8-14;/h9-10,13H,4-8H2,1-3H3;1H. The van der Waals surface area contributed by atoms with E-state index in [0.29, 0.717) is 24.9 Å². The van der Waals surface area contributed by atoms with Crippen LogP contribution in [0.4, 0.5) is 0 Å². The second-order valence-electron chi connectivity index (χ2n) is 6.00. The van der Waals surface area contributed by atoms with Crippen LogP contribution in [-0.4, -0.2) is 56.4 Å². The van der Waals surface area contributed by atoms with E-state index >= 15 is 0 Å². The van der Waals surface area contributed by atoms with Crippen LogP contribution in [0.5, 0.6) is 0 Å². The number of nitrogens with one attached hydrogen (secondary N) is 1. The van der Waals surface area contributed by atoms with E-state index in [1.54, 1.807) is 4.90 Å². The van der Waals surface area contributed by atoms with Gasteiger partial charge in [-0.05, 0) is 45.2 Å². The lowest BCUT2D eigenvalue weighted by molar-refractivity contribution is -0.135. The van der Waals surface area contributed by atoms with E-state index in [0.717, 1.165) is 25.8 Å². The number of sulfone groups is 1. The van der Waals surface area contributed by atoms with Crippen molar-refractivity contribution < 1.29 is 13.2 Å². The number of halogens is 1. The highest BCUT2D eigenvalue weighted by Crippen LogP contribution is 2.29. The lowest BCUT2D eigenvalue weighted by Crippen LogP contribution is -2.53. The van der Waals surface area contributed by atoms with Crippen molar-refractivity contribution in [3.63, 3.8) is 0 Å². The van der Waals surface area contributed by atoms with Crippen LogP contribution in [-0.2, 0) is 14.6 Å². The zero-order valence-electron chi connectivity index (χ0n) is 11.7. The van der Waals surface area contributed by atoms with Gasteiger partial charge in [-0.3, -0.25) is 4.79 Å². The molecule has 0 saturated carbocycles. The Bertz CT molecular complexity index is 450. The third-order valence-corrected chi connectivity index (χ3v) is 6.46. The Balaban J connectivity index is 0.00000180. The lowest BCUT2D eigenvalue weighted by atomic mass is 9.88. The molecule has 1 amide bonds. The Labute approximate surface area is 121 Å². The summed E-state index contributed by atoms with van der Waals surface area (Å²) in [5.74, 6) is 0.879. The van der Waals surface area contributed by atoms with E-state index in [2.05, 4.69) is 5.32 Å². The van der Waals surface area contributed by atoms with Gasteiger partial charge >= 0.3 is 0 Å². The quantitative estimate of drug-likeness (QED) is 0.796. The fourth-order valence-electron chi connectivity index (χ4n) is 2.76. The van der Waals surface area contributed by atoms with E-state index in [-0.39, 0.29) is 18.3 Å². The lowest BCUT2D eigenvalue weighted by Gasteiger charge is -2.38. The highest BCUT2D eigenvalue weighted by molar-refractivity contribution is 7.92. The number of hydrogen-bond acceptors (Lipinski definition) is 4. The third-order valence-electron chi connectivity index (χ3n) is 4.43. The zero-order valence-corrected chi connectivity index (χ0v) is 13.3. The minimum absolute atomic E-state index is 0. The van der Waals surface area contributed by atoms with Crippen LogP contribution in [0.3, 0.4) is 0 Å². The molecule has 0 aromatic heterocycles. The molecule has 2 aliphatic heterocycles. The first-order chi connectivity index (χ1) is 8.23. The summed E-state index contributed by atoms with van der Waals surface area (Å²) in [6, 6.07) is 0. The van der Waals surface area contributed by atoms with Gasteiger partial charge in [0.1, 0.15) is 4.75 Å². The number of rotatable bonds is 2. The molecule has 0 spiro atoms. The predicted molar refractivity (Wildman–Crippen MR) is 77.2 cm³/mol. The van der Waals surface area contributed by atoms with E-state index in [9.17, 15) is 13.2 Å². The largest absolute Gasteiger partial charge is 0.341 e. The van der Waals surface area contributed by atoms with Crippen LogP contribution in [0.1, 0.15) is 20.3 Å². The molecular weight excluding hydrogens is 288 g/mol. The second kappa shape index (κ2) is 5.58. The fourth-order valence-corrected chi connectivity index (χ4v) is 3.20. The van der Waals surface area contributed by atoms with E-state index in [1.165, 1.54) is 13.8 Å². The molecule has 2 saturated heterocycles. The first-order valence-electron chi connectivity index (χ1n) is 6.43. The Hall–Kier alpha value is -0.330. The highest BCUT2D eigenvalue weighted by atomic mass is 35.5. The maximum absolute atomic E-state index is 12.4. The summed E-state index contributed by atoms with van der Waals surface area (Å²) in [5, 5.41) is 3.34. The number of nitrogens with zero attached hydrogens (tertiary/aromatic N) is 1. The van der Waals surface area contributed by atoms with Gasteiger partial charge in [0.15, 0.2) is 9.84 Å². The second-order valence-corrected chi connectivity index (χ2v) is 8.57. The van der Waals surface area contributed by atoms with Crippen molar-refractivity contribution >= 4 is 28.2 Å². The number of hydrogen-bond donors (Lipinski definition) is 1. The van der Waals surface area contributed by atoms with Gasteiger partial charge in [-0.15, -0.1) is 12.4 Å². The molecule has 2 rings (SSSR count). The summed E-state index contributed by atoms with van der Waals surface area (Å²) < 4.78 is 22.1. The Morgan fingerprint density at radius 3 is 2.42 bits per heavy atom. The molecule has 2 unspecified atom stereocenters. The molecule has 2 aliphatic rings. The van der Waals surface area contributed by atoms with Gasteiger partial charge in [-0.2, -0.15) is 0 Å². The fraction of sp³-hybridized carbons (Fsp3) is 0.917. The summed E-state index contributed by atoms with van der Waals surface area (Å²) in [4.78, 5) is 14.1. The molecule has 7 heteroatoms. The van der Waals surface area contributed by atoms with E-state index in [1.807, 2.05) is 0 Å². The van der Waals surface area contributed by atoms with Crippen LogP contribution in [0, 0.1) is 11.8 Å². The number of amides is 1. The summed E-state index contributed by atoms with van der Waals surface area (Å²) in [6.07, 6.45) is 2.11. The molecule has 2 heterocycles. The molecule has 0 aliphatic carbocycles. The highest BCUT2D eigenvalue weighted by Gasteiger charge is 2.44. The first-order valence-corrected chi connectivity index (χ1v) is 8.32. The van der Waals surface area contributed by atoms with Crippen LogP contribution in [0.15, 0.2) is 0 Å². The normalized spacial score (nSPS) is 27.6. The van der Waals surface area contributed by atoms with Crippen LogP contribution in [0.2, 0.25) is 0 Å². The molecule has 0 radical (unpaired) electrons. The summed E-state index contributed by atoms with van der Waals surface area (Å²) >= 11 is 0. The molecule has 1 N–H and O–H groups in total. The van der Waals surface area contributed by atoms with Crippen molar-refractivity contribution in [3.8, 4) is 0 Å². The molecule has 2 fully saturated rings. The molecule has 5 nitrogen and oxygen atoms in total. The average Bonchev–Trinajstić information content (AvgIpc) is 2.73. The molecular formula is C12H23ClN2O3S. The summed E-state index contributed by atoms with van der Waals surface area (Å²) in [6.45, 7) is 6.35. The molecule has 0 aromatic carbocycles. The Kier molecular flexibility index (Phi) is 4.91. The van der Waals surface area contributed by atoms with Gasteiger partial charge in [0.2, 0.25) is 5.91 Å². The van der Waals surface area contributed by atoms with Crippen LogP contribution >= 0.6 is 12.4 Å².